The van der Waals surface area contributed by atoms with Gasteiger partial charge < -0.3 is 10.4 Å². The highest BCUT2D eigenvalue weighted by Gasteiger charge is 2.13. The smallest absolute Gasteiger partial charge is 0.325 e. The number of aryl methyl sites for hydroxylation is 1. The first-order chi connectivity index (χ1) is 7.09. The molecule has 0 fully saturated rings. The zero-order chi connectivity index (χ0) is 11.3. The number of hydrogen-bond donors (Lipinski definition) is 2. The molecule has 0 aromatic carbocycles. The third-order valence-electron chi connectivity index (χ3n) is 1.93. The van der Waals surface area contributed by atoms with Crippen LogP contribution in [-0.4, -0.2) is 23.0 Å². The topological polar surface area (TPSA) is 66.4 Å². The van der Waals surface area contributed by atoms with Crippen molar-refractivity contribution in [3.05, 3.63) is 22.4 Å². The molecule has 4 nitrogen and oxygen atoms in total. The standard InChI is InChI=1S/C10H13NO3S/c1-7(10(13)14)11-9(12)5-4-8-3-2-6-15-8/h2-3,6-7H,4-5H2,1H3,(H,11,12)(H,13,14)/t7-/m1/s1. The quantitative estimate of drug-likeness (QED) is 0.796. The van der Waals surface area contributed by atoms with E-state index in [4.69, 9.17) is 5.11 Å². The van der Waals surface area contributed by atoms with Gasteiger partial charge in [-0.25, -0.2) is 0 Å². The molecule has 82 valence electrons. The van der Waals surface area contributed by atoms with Crippen LogP contribution in [0.2, 0.25) is 0 Å². The molecule has 1 heterocycles. The summed E-state index contributed by atoms with van der Waals surface area (Å²) in [7, 11) is 0. The normalized spacial score (nSPS) is 12.1. The van der Waals surface area contributed by atoms with Gasteiger partial charge in [0.15, 0.2) is 0 Å². The van der Waals surface area contributed by atoms with Gasteiger partial charge in [-0.05, 0) is 24.8 Å². The summed E-state index contributed by atoms with van der Waals surface area (Å²) in [5, 5.41) is 12.9. The summed E-state index contributed by atoms with van der Waals surface area (Å²) in [4.78, 5) is 22.9. The molecule has 1 amide bonds. The number of nitrogens with one attached hydrogen (secondary N) is 1. The Balaban J connectivity index is 2.28. The van der Waals surface area contributed by atoms with Crippen molar-refractivity contribution in [2.45, 2.75) is 25.8 Å². The SMILES string of the molecule is C[C@@H](NC(=O)CCc1cccs1)C(=O)O. The summed E-state index contributed by atoms with van der Waals surface area (Å²) in [5.74, 6) is -1.24. The molecule has 0 radical (unpaired) electrons. The van der Waals surface area contributed by atoms with E-state index >= 15 is 0 Å². The molecule has 0 aliphatic rings. The number of carbonyl (C=O) groups excluding carboxylic acids is 1. The molecule has 0 spiro atoms. The highest BCUT2D eigenvalue weighted by molar-refractivity contribution is 7.09. The van der Waals surface area contributed by atoms with Crippen molar-refractivity contribution in [1.29, 1.82) is 0 Å². The van der Waals surface area contributed by atoms with Crippen LogP contribution in [0.25, 0.3) is 0 Å². The first-order valence-electron chi connectivity index (χ1n) is 4.64. The summed E-state index contributed by atoms with van der Waals surface area (Å²) < 4.78 is 0. The van der Waals surface area contributed by atoms with Crippen molar-refractivity contribution in [3.63, 3.8) is 0 Å². The lowest BCUT2D eigenvalue weighted by atomic mass is 10.2. The second kappa shape index (κ2) is 5.50. The minimum atomic E-state index is -1.01. The van der Waals surface area contributed by atoms with Crippen LogP contribution in [0.5, 0.6) is 0 Å². The van der Waals surface area contributed by atoms with E-state index in [2.05, 4.69) is 5.32 Å². The van der Waals surface area contributed by atoms with E-state index in [1.54, 1.807) is 11.3 Å². The number of carboxylic acids is 1. The maximum Gasteiger partial charge on any atom is 0.325 e. The van der Waals surface area contributed by atoms with Gasteiger partial charge in [0.05, 0.1) is 0 Å². The van der Waals surface area contributed by atoms with Crippen molar-refractivity contribution < 1.29 is 14.7 Å². The van der Waals surface area contributed by atoms with Crippen LogP contribution >= 0.6 is 11.3 Å². The third-order valence-corrected chi connectivity index (χ3v) is 2.86. The molecule has 2 N–H and O–H groups in total. The fourth-order valence-corrected chi connectivity index (χ4v) is 1.78. The summed E-state index contributed by atoms with van der Waals surface area (Å²) in [5.41, 5.74) is 0. The van der Waals surface area contributed by atoms with E-state index in [-0.39, 0.29) is 5.91 Å². The molecular weight excluding hydrogens is 214 g/mol. The number of amides is 1. The molecule has 0 unspecified atom stereocenters. The van der Waals surface area contributed by atoms with Gasteiger partial charge in [-0.2, -0.15) is 0 Å². The highest BCUT2D eigenvalue weighted by atomic mass is 32.1. The molecule has 0 saturated carbocycles. The van der Waals surface area contributed by atoms with Gasteiger partial charge in [0.2, 0.25) is 5.91 Å². The van der Waals surface area contributed by atoms with Gasteiger partial charge >= 0.3 is 5.97 Å². The van der Waals surface area contributed by atoms with E-state index < -0.39 is 12.0 Å². The van der Waals surface area contributed by atoms with Crippen molar-refractivity contribution >= 4 is 23.2 Å². The van der Waals surface area contributed by atoms with Crippen molar-refractivity contribution in [2.75, 3.05) is 0 Å². The van der Waals surface area contributed by atoms with Gasteiger partial charge in [0.25, 0.3) is 0 Å². The number of rotatable bonds is 5. The van der Waals surface area contributed by atoms with E-state index in [0.717, 1.165) is 4.88 Å². The van der Waals surface area contributed by atoms with Crippen LogP contribution in [0.15, 0.2) is 17.5 Å². The molecule has 0 aliphatic carbocycles. The van der Waals surface area contributed by atoms with Gasteiger partial charge in [-0.3, -0.25) is 9.59 Å². The second-order valence-corrected chi connectivity index (χ2v) is 4.24. The van der Waals surface area contributed by atoms with E-state index in [0.29, 0.717) is 12.8 Å². The Morgan fingerprint density at radius 3 is 2.87 bits per heavy atom. The predicted octanol–water partition coefficient (Wildman–Crippen LogP) is 1.27. The number of carbonyl (C=O) groups is 2. The van der Waals surface area contributed by atoms with Crippen LogP contribution in [0.1, 0.15) is 18.2 Å². The first-order valence-corrected chi connectivity index (χ1v) is 5.52. The average Bonchev–Trinajstić information content (AvgIpc) is 2.66. The molecule has 5 heteroatoms. The Hall–Kier alpha value is -1.36. The van der Waals surface area contributed by atoms with Gasteiger partial charge in [0.1, 0.15) is 6.04 Å². The lowest BCUT2D eigenvalue weighted by Crippen LogP contribution is -2.38. The molecule has 1 rings (SSSR count). The Kier molecular flexibility index (Phi) is 4.30. The maximum atomic E-state index is 11.3. The maximum absolute atomic E-state index is 11.3. The Morgan fingerprint density at radius 2 is 2.33 bits per heavy atom. The summed E-state index contributed by atoms with van der Waals surface area (Å²) in [6.07, 6.45) is 0.994. The molecule has 1 aromatic rings. The van der Waals surface area contributed by atoms with Gasteiger partial charge in [-0.15, -0.1) is 11.3 Å². The van der Waals surface area contributed by atoms with E-state index in [9.17, 15) is 9.59 Å². The van der Waals surface area contributed by atoms with Crippen LogP contribution < -0.4 is 5.32 Å². The van der Waals surface area contributed by atoms with E-state index in [1.165, 1.54) is 6.92 Å². The van der Waals surface area contributed by atoms with Crippen LogP contribution in [-0.2, 0) is 16.0 Å². The van der Waals surface area contributed by atoms with Crippen molar-refractivity contribution in [3.8, 4) is 0 Å². The number of thiophene rings is 1. The molecule has 0 bridgehead atoms. The number of hydrogen-bond acceptors (Lipinski definition) is 3. The molecule has 1 aromatic heterocycles. The minimum Gasteiger partial charge on any atom is -0.480 e. The Bertz CT molecular complexity index is 334. The second-order valence-electron chi connectivity index (χ2n) is 3.21. The fourth-order valence-electron chi connectivity index (χ4n) is 1.07. The number of aliphatic carboxylic acids is 1. The minimum absolute atomic E-state index is 0.224. The summed E-state index contributed by atoms with van der Waals surface area (Å²) >= 11 is 1.59. The molecule has 15 heavy (non-hydrogen) atoms. The van der Waals surface area contributed by atoms with Crippen LogP contribution in [0, 0.1) is 0 Å². The van der Waals surface area contributed by atoms with Gasteiger partial charge in [-0.1, -0.05) is 6.07 Å². The lowest BCUT2D eigenvalue weighted by molar-refractivity contribution is -0.141. The van der Waals surface area contributed by atoms with Gasteiger partial charge in [0, 0.05) is 11.3 Å². The van der Waals surface area contributed by atoms with Crippen LogP contribution in [0.3, 0.4) is 0 Å². The van der Waals surface area contributed by atoms with Crippen molar-refractivity contribution in [1.82, 2.24) is 5.32 Å². The summed E-state index contributed by atoms with van der Waals surface area (Å²) in [6, 6.07) is 3.07. The Morgan fingerprint density at radius 1 is 1.60 bits per heavy atom. The predicted molar refractivity (Wildman–Crippen MR) is 57.9 cm³/mol. The lowest BCUT2D eigenvalue weighted by Gasteiger charge is -2.08. The van der Waals surface area contributed by atoms with Crippen molar-refractivity contribution in [2.24, 2.45) is 0 Å². The number of carboxylic acid groups (broad SMARTS) is 1. The molecule has 0 aliphatic heterocycles. The monoisotopic (exact) mass is 227 g/mol. The largest absolute Gasteiger partial charge is 0.480 e. The molecular formula is C10H13NO3S. The Labute approximate surface area is 91.9 Å². The highest BCUT2D eigenvalue weighted by Crippen LogP contribution is 2.10. The summed E-state index contributed by atoms with van der Waals surface area (Å²) in [6.45, 7) is 1.45. The molecule has 1 atom stereocenters. The fraction of sp³-hybridized carbons (Fsp3) is 0.400. The first kappa shape index (κ1) is 11.7. The third kappa shape index (κ3) is 4.12. The van der Waals surface area contributed by atoms with E-state index in [1.807, 2.05) is 17.5 Å². The zero-order valence-electron chi connectivity index (χ0n) is 8.40. The zero-order valence-corrected chi connectivity index (χ0v) is 9.21. The molecule has 0 saturated heterocycles. The average molecular weight is 227 g/mol. The van der Waals surface area contributed by atoms with Crippen LogP contribution in [0.4, 0.5) is 0 Å².